The fourth-order valence-corrected chi connectivity index (χ4v) is 27.4. The number of terminal acetylenes is 1. The third-order valence-electron chi connectivity index (χ3n) is 8.06. The van der Waals surface area contributed by atoms with Gasteiger partial charge in [-0.1, -0.05) is 0 Å². The van der Waals surface area contributed by atoms with E-state index in [1.54, 1.807) is 36.4 Å². The number of allylic oxidation sites excluding steroid dienone is 2. The van der Waals surface area contributed by atoms with Crippen LogP contribution in [0.5, 0.6) is 0 Å². The van der Waals surface area contributed by atoms with E-state index in [0.717, 1.165) is 10.0 Å². The van der Waals surface area contributed by atoms with Crippen LogP contribution in [-0.4, -0.2) is 39.3 Å². The summed E-state index contributed by atoms with van der Waals surface area (Å²) in [6, 6.07) is 15.7. The van der Waals surface area contributed by atoms with Gasteiger partial charge in [0.25, 0.3) is 0 Å². The van der Waals surface area contributed by atoms with Crippen molar-refractivity contribution in [1.29, 1.82) is 0 Å². The first-order chi connectivity index (χ1) is 19.1. The Labute approximate surface area is 248 Å². The molecule has 0 N–H and O–H groups in total. The zero-order valence-electron chi connectivity index (χ0n) is 24.9. The second kappa shape index (κ2) is 16.2. The van der Waals surface area contributed by atoms with E-state index in [2.05, 4.69) is 33.6 Å². The molecule has 2 aromatic carbocycles. The van der Waals surface area contributed by atoms with Crippen molar-refractivity contribution >= 4 is 38.1 Å². The van der Waals surface area contributed by atoms with Crippen LogP contribution in [0.4, 0.5) is 0 Å². The summed E-state index contributed by atoms with van der Waals surface area (Å²) in [5, 5.41) is 0. The fourth-order valence-electron chi connectivity index (χ4n) is 5.70. The fraction of sp³-hybridized carbons (Fsp3) is 0.515. The summed E-state index contributed by atoms with van der Waals surface area (Å²) in [5.74, 6) is 2.44. The van der Waals surface area contributed by atoms with Gasteiger partial charge in [0.15, 0.2) is 0 Å². The topological polar surface area (TPSA) is 68.3 Å². The first-order valence-corrected chi connectivity index (χ1v) is 25.8. The van der Waals surface area contributed by atoms with Gasteiger partial charge in [0, 0.05) is 0 Å². The molecule has 0 unspecified atom stereocenters. The van der Waals surface area contributed by atoms with Gasteiger partial charge in [0.1, 0.15) is 0 Å². The van der Waals surface area contributed by atoms with E-state index in [1.165, 1.54) is 76.1 Å². The molecule has 0 atom stereocenters. The molecule has 2 aromatic rings. The van der Waals surface area contributed by atoms with Crippen LogP contribution < -0.4 is 0 Å². The van der Waals surface area contributed by atoms with Gasteiger partial charge in [-0.25, -0.2) is 0 Å². The van der Waals surface area contributed by atoms with Gasteiger partial charge in [0.2, 0.25) is 0 Å². The van der Waals surface area contributed by atoms with Crippen molar-refractivity contribution in [3.8, 4) is 12.3 Å². The molecule has 40 heavy (non-hydrogen) atoms. The Balaban J connectivity index is 2.68. The van der Waals surface area contributed by atoms with Gasteiger partial charge in [-0.05, 0) is 0 Å². The maximum atomic E-state index is 14.3. The summed E-state index contributed by atoms with van der Waals surface area (Å²) < 4.78 is 60.0. The quantitative estimate of drug-likeness (QED) is 0.0891. The average Bonchev–Trinajstić information content (AvgIpc) is 2.96. The number of unbranched alkanes of at least 4 members (excludes halogenated alkanes) is 3. The van der Waals surface area contributed by atoms with Crippen LogP contribution in [-0.2, 0) is 19.7 Å². The Kier molecular flexibility index (Phi) is 14.0. The molecule has 0 saturated heterocycles. The molecule has 0 radical (unpaired) electrons. The summed E-state index contributed by atoms with van der Waals surface area (Å²) in [5.41, 5.74) is 1.12. The minimum atomic E-state index is -4.37. The van der Waals surface area contributed by atoms with Crippen molar-refractivity contribution in [1.82, 2.24) is 0 Å². The van der Waals surface area contributed by atoms with E-state index >= 15 is 0 Å². The number of sulfone groups is 2. The molecular weight excluding hydrogens is 643 g/mol. The summed E-state index contributed by atoms with van der Waals surface area (Å²) in [7, 11) is -8.74. The van der Waals surface area contributed by atoms with Gasteiger partial charge in [0.05, 0.1) is 0 Å². The molecular formula is C33H48O4S2Sn. The molecule has 4 nitrogen and oxygen atoms in total. The van der Waals surface area contributed by atoms with Gasteiger partial charge in [-0.2, -0.15) is 0 Å². The average molecular weight is 692 g/mol. The van der Waals surface area contributed by atoms with Crippen molar-refractivity contribution < 1.29 is 16.8 Å². The van der Waals surface area contributed by atoms with E-state index in [0.29, 0.717) is 0 Å². The molecule has 0 aliphatic rings. The molecule has 0 aliphatic heterocycles. The first kappa shape index (κ1) is 34.6. The molecule has 0 saturated carbocycles. The summed E-state index contributed by atoms with van der Waals surface area (Å²) in [6.07, 6.45) is 14.3. The number of hydrogen-bond acceptors (Lipinski definition) is 4. The minimum absolute atomic E-state index is 0.0295. The van der Waals surface area contributed by atoms with Gasteiger partial charge in [-0.3, -0.25) is 0 Å². The zero-order valence-corrected chi connectivity index (χ0v) is 29.4. The standard InChI is InChI=1S/C21H21O4S2.3C4H9.Sn/c1-4-16-21(17-15-18(2)3,26(22,23)19-11-7-5-8-12-19)27(24,25)20-13-9-6-10-14-20;3*1-3-4-2;/h1,5-15H,2,16-17H2,3H3;3*1,3-4H2,2H3;/b18-15+;;;;. The molecule has 0 spiro atoms. The third kappa shape index (κ3) is 8.26. The van der Waals surface area contributed by atoms with Crippen molar-refractivity contribution in [2.24, 2.45) is 0 Å². The Morgan fingerprint density at radius 2 is 1.18 bits per heavy atom. The SMILES string of the molecule is C#CCC(C/C=C(/C)[CH2][Sn]([CH2]CCC)([CH2]CCC)[CH2]CCC)(S(=O)(=O)c1ccccc1)S(=O)(=O)c1ccccc1. The van der Waals surface area contributed by atoms with Gasteiger partial charge < -0.3 is 0 Å². The summed E-state index contributed by atoms with van der Waals surface area (Å²) in [4.78, 5) is -0.0589. The predicted octanol–water partition coefficient (Wildman–Crippen LogP) is 8.84. The molecule has 2 rings (SSSR count). The molecule has 0 aromatic heterocycles. The summed E-state index contributed by atoms with van der Waals surface area (Å²) in [6.45, 7) is 8.81. The predicted molar refractivity (Wildman–Crippen MR) is 172 cm³/mol. The second-order valence-electron chi connectivity index (χ2n) is 11.2. The van der Waals surface area contributed by atoms with Crippen molar-refractivity contribution in [2.75, 3.05) is 0 Å². The van der Waals surface area contributed by atoms with E-state index in [-0.39, 0.29) is 16.2 Å². The van der Waals surface area contributed by atoms with Crippen molar-refractivity contribution in [2.45, 2.75) is 111 Å². The summed E-state index contributed by atoms with van der Waals surface area (Å²) >= 11 is -2.58. The third-order valence-corrected chi connectivity index (χ3v) is 29.6. The Bertz CT molecular complexity index is 1230. The molecule has 7 heteroatoms. The van der Waals surface area contributed by atoms with Crippen LogP contribution in [0.25, 0.3) is 0 Å². The molecule has 0 aliphatic carbocycles. The van der Waals surface area contributed by atoms with E-state index in [1.807, 2.05) is 6.08 Å². The van der Waals surface area contributed by atoms with Crippen molar-refractivity contribution in [3.05, 3.63) is 72.3 Å². The molecule has 0 amide bonds. The van der Waals surface area contributed by atoms with Crippen LogP contribution >= 0.6 is 0 Å². The van der Waals surface area contributed by atoms with Gasteiger partial charge >= 0.3 is 250 Å². The Morgan fingerprint density at radius 1 is 0.775 bits per heavy atom. The van der Waals surface area contributed by atoms with E-state index in [4.69, 9.17) is 6.42 Å². The van der Waals surface area contributed by atoms with E-state index in [9.17, 15) is 16.8 Å². The van der Waals surface area contributed by atoms with E-state index < -0.39 is 48.6 Å². The second-order valence-corrected chi connectivity index (χ2v) is 29.8. The van der Waals surface area contributed by atoms with Crippen LogP contribution in [0.2, 0.25) is 17.7 Å². The monoisotopic (exact) mass is 692 g/mol. The maximum absolute atomic E-state index is 14.3. The van der Waals surface area contributed by atoms with Crippen LogP contribution in [0.15, 0.2) is 82.1 Å². The molecule has 0 bridgehead atoms. The first-order valence-electron chi connectivity index (χ1n) is 14.7. The molecule has 220 valence electrons. The number of benzene rings is 2. The van der Waals surface area contributed by atoms with Crippen LogP contribution in [0, 0.1) is 12.3 Å². The normalized spacial score (nSPS) is 13.2. The number of rotatable bonds is 18. The molecule has 0 heterocycles. The Hall–Kier alpha value is -1.56. The zero-order chi connectivity index (χ0) is 29.7. The molecule has 0 fully saturated rings. The van der Waals surface area contributed by atoms with Crippen LogP contribution in [0.1, 0.15) is 79.1 Å². The van der Waals surface area contributed by atoms with Crippen LogP contribution in [0.3, 0.4) is 0 Å². The Morgan fingerprint density at radius 3 is 1.52 bits per heavy atom. The van der Waals surface area contributed by atoms with Crippen molar-refractivity contribution in [3.63, 3.8) is 0 Å². The number of hydrogen-bond donors (Lipinski definition) is 0. The van der Waals surface area contributed by atoms with Gasteiger partial charge in [-0.15, -0.1) is 0 Å².